The molecule has 2 heterocycles. The number of carbonyl (C=O) groups excluding carboxylic acids is 2. The van der Waals surface area contributed by atoms with Gasteiger partial charge in [0.05, 0.1) is 23.2 Å². The van der Waals surface area contributed by atoms with E-state index in [-0.39, 0.29) is 29.6 Å². The van der Waals surface area contributed by atoms with Crippen molar-refractivity contribution in [3.05, 3.63) is 60.3 Å². The molecule has 2 aliphatic carbocycles. The van der Waals surface area contributed by atoms with Crippen LogP contribution in [0.25, 0.3) is 0 Å². The third-order valence-corrected chi connectivity index (χ3v) is 8.89. The van der Waals surface area contributed by atoms with Gasteiger partial charge in [-0.15, -0.1) is 0 Å². The fourth-order valence-electron chi connectivity index (χ4n) is 6.72. The summed E-state index contributed by atoms with van der Waals surface area (Å²) in [5.41, 5.74) is -1.85. The van der Waals surface area contributed by atoms with Gasteiger partial charge in [-0.25, -0.2) is 0 Å². The first-order chi connectivity index (χ1) is 15.3. The molecule has 9 atom stereocenters. The van der Waals surface area contributed by atoms with Gasteiger partial charge in [0.2, 0.25) is 0 Å². The second-order valence-corrected chi connectivity index (χ2v) is 11.0. The van der Waals surface area contributed by atoms with Gasteiger partial charge in [0.25, 0.3) is 0 Å². The topological polar surface area (TPSA) is 72.8 Å². The fourth-order valence-corrected chi connectivity index (χ4v) is 6.72. The van der Waals surface area contributed by atoms with Crippen LogP contribution in [0, 0.1) is 28.6 Å². The number of ketones is 1. The number of carbonyl (C=O) groups is 2. The number of esters is 1. The lowest BCUT2D eigenvalue weighted by molar-refractivity contribution is -0.161. The van der Waals surface area contributed by atoms with E-state index < -0.39 is 34.1 Å². The van der Waals surface area contributed by atoms with Crippen LogP contribution in [0.3, 0.4) is 0 Å². The minimum absolute atomic E-state index is 0.0120. The number of aliphatic hydroxyl groups is 1. The van der Waals surface area contributed by atoms with E-state index in [1.165, 1.54) is 5.57 Å². The van der Waals surface area contributed by atoms with E-state index >= 15 is 0 Å². The molecule has 4 aliphatic rings. The average molecular weight is 453 g/mol. The monoisotopic (exact) mass is 452 g/mol. The van der Waals surface area contributed by atoms with Crippen LogP contribution in [0.5, 0.6) is 0 Å². The van der Waals surface area contributed by atoms with Crippen molar-refractivity contribution in [2.45, 2.75) is 71.9 Å². The highest BCUT2D eigenvalue weighted by atomic mass is 16.6. The Hall–Kier alpha value is -2.24. The third kappa shape index (κ3) is 3.19. The summed E-state index contributed by atoms with van der Waals surface area (Å²) < 4.78 is 11.6. The average Bonchev–Trinajstić information content (AvgIpc) is 3.22. The normalized spacial score (nSPS) is 49.3. The quantitative estimate of drug-likeness (QED) is 0.288. The molecule has 0 aromatic rings. The maximum atomic E-state index is 12.6. The molecule has 5 heteroatoms. The van der Waals surface area contributed by atoms with E-state index in [1.54, 1.807) is 6.92 Å². The molecular formula is C28H36O5. The highest BCUT2D eigenvalue weighted by Crippen LogP contribution is 2.60. The zero-order valence-corrected chi connectivity index (χ0v) is 20.7. The van der Waals surface area contributed by atoms with Crippen LogP contribution in [-0.2, 0) is 19.1 Å². The molecule has 3 fully saturated rings. The molecule has 4 rings (SSSR count). The Morgan fingerprint density at radius 3 is 2.21 bits per heavy atom. The van der Waals surface area contributed by atoms with Gasteiger partial charge >= 0.3 is 5.97 Å². The van der Waals surface area contributed by atoms with Gasteiger partial charge in [0.15, 0.2) is 5.78 Å². The number of rotatable bonds is 5. The van der Waals surface area contributed by atoms with Gasteiger partial charge in [-0.05, 0) is 34.6 Å². The van der Waals surface area contributed by atoms with Crippen molar-refractivity contribution in [3.63, 3.8) is 0 Å². The predicted molar refractivity (Wildman–Crippen MR) is 127 cm³/mol. The molecular weight excluding hydrogens is 416 g/mol. The van der Waals surface area contributed by atoms with Crippen LogP contribution in [-0.4, -0.2) is 40.3 Å². The van der Waals surface area contributed by atoms with Crippen molar-refractivity contribution in [2.24, 2.45) is 28.6 Å². The number of hydrogen-bond acceptors (Lipinski definition) is 5. The highest BCUT2D eigenvalue weighted by Gasteiger charge is 2.73. The lowest BCUT2D eigenvalue weighted by atomic mass is 9.68. The minimum atomic E-state index is -1.11. The smallest absolute Gasteiger partial charge is 0.320 e. The van der Waals surface area contributed by atoms with E-state index in [9.17, 15) is 14.7 Å². The Bertz CT molecular complexity index is 1010. The number of fused-ring (bicyclic) bond motifs is 3. The molecule has 1 N–H and O–H groups in total. The standard InChI is InChI=1S/C28H36O5/c1-17-16-26(5)21(28(7,31)19(3)33-26)20(17)14-12-10-8-9-11-13-15-25(4)23-18(2)22(29)27(25,6)24(30)32-23/h8-16,18-21,23,31H,1-7H3/b10-8+,11-9+,14-12+,15-13+/t18?,19-,20+,21-,23?,25?,26+,27?,28+/m0/s1. The van der Waals surface area contributed by atoms with Crippen molar-refractivity contribution in [1.29, 1.82) is 0 Å². The van der Waals surface area contributed by atoms with Gasteiger partial charge < -0.3 is 14.6 Å². The van der Waals surface area contributed by atoms with Gasteiger partial charge in [-0.1, -0.05) is 74.1 Å². The summed E-state index contributed by atoms with van der Waals surface area (Å²) in [4.78, 5) is 24.9. The van der Waals surface area contributed by atoms with Gasteiger partial charge in [-0.3, -0.25) is 9.59 Å². The fraction of sp³-hybridized carbons (Fsp3) is 0.571. The summed E-state index contributed by atoms with van der Waals surface area (Å²) >= 11 is 0. The Labute approximate surface area is 196 Å². The molecule has 1 saturated carbocycles. The van der Waals surface area contributed by atoms with Crippen LogP contribution < -0.4 is 0 Å². The SMILES string of the molecule is CC1=C[C@@]2(C)O[C@@H](C)[C@@](C)(O)[C@H]2[C@@H]1/C=C/C=C/C=C/C=C/C1(C)C2OC(=O)C1(C)C(=O)C2C. The summed E-state index contributed by atoms with van der Waals surface area (Å²) in [6, 6.07) is 0. The first kappa shape index (κ1) is 23.9. The highest BCUT2D eigenvalue weighted by molar-refractivity contribution is 6.10. The van der Waals surface area contributed by atoms with Gasteiger partial charge in [0, 0.05) is 17.3 Å². The Balaban J connectivity index is 1.39. The lowest BCUT2D eigenvalue weighted by Crippen LogP contribution is -2.44. The lowest BCUT2D eigenvalue weighted by Gasteiger charge is -2.33. The van der Waals surface area contributed by atoms with Crippen LogP contribution in [0.2, 0.25) is 0 Å². The van der Waals surface area contributed by atoms with E-state index in [1.807, 2.05) is 70.2 Å². The largest absolute Gasteiger partial charge is 0.460 e. The molecule has 4 unspecified atom stereocenters. The molecule has 2 aliphatic heterocycles. The van der Waals surface area contributed by atoms with E-state index in [2.05, 4.69) is 26.0 Å². The zero-order valence-electron chi connectivity index (χ0n) is 20.7. The molecule has 2 bridgehead atoms. The first-order valence-electron chi connectivity index (χ1n) is 11.8. The van der Waals surface area contributed by atoms with Gasteiger partial charge in [-0.2, -0.15) is 0 Å². The molecule has 0 radical (unpaired) electrons. The molecule has 5 nitrogen and oxygen atoms in total. The Morgan fingerprint density at radius 2 is 1.58 bits per heavy atom. The molecule has 33 heavy (non-hydrogen) atoms. The van der Waals surface area contributed by atoms with Crippen molar-refractivity contribution in [2.75, 3.05) is 0 Å². The van der Waals surface area contributed by atoms with Crippen LogP contribution in [0.1, 0.15) is 48.5 Å². The Kier molecular flexibility index (Phi) is 5.53. The number of hydrogen-bond donors (Lipinski definition) is 1. The van der Waals surface area contributed by atoms with Crippen LogP contribution in [0.4, 0.5) is 0 Å². The van der Waals surface area contributed by atoms with E-state index in [0.29, 0.717) is 0 Å². The molecule has 0 amide bonds. The molecule has 2 saturated heterocycles. The first-order valence-corrected chi connectivity index (χ1v) is 11.8. The van der Waals surface area contributed by atoms with Crippen LogP contribution >= 0.6 is 0 Å². The second-order valence-electron chi connectivity index (χ2n) is 11.0. The van der Waals surface area contributed by atoms with Crippen molar-refractivity contribution < 1.29 is 24.2 Å². The summed E-state index contributed by atoms with van der Waals surface area (Å²) in [5, 5.41) is 11.0. The maximum Gasteiger partial charge on any atom is 0.320 e. The van der Waals surface area contributed by atoms with Crippen LogP contribution in [0.15, 0.2) is 60.3 Å². The summed E-state index contributed by atoms with van der Waals surface area (Å²) in [7, 11) is 0. The van der Waals surface area contributed by atoms with E-state index in [4.69, 9.17) is 9.47 Å². The third-order valence-electron chi connectivity index (χ3n) is 8.89. The predicted octanol–water partition coefficient (Wildman–Crippen LogP) is 4.49. The minimum Gasteiger partial charge on any atom is -0.460 e. The summed E-state index contributed by atoms with van der Waals surface area (Å²) in [5.74, 6) is -0.607. The number of ether oxygens (including phenoxy) is 2. The van der Waals surface area contributed by atoms with E-state index in [0.717, 1.165) is 0 Å². The van der Waals surface area contributed by atoms with Crippen molar-refractivity contribution >= 4 is 11.8 Å². The van der Waals surface area contributed by atoms with Crippen molar-refractivity contribution in [1.82, 2.24) is 0 Å². The van der Waals surface area contributed by atoms with Gasteiger partial charge in [0.1, 0.15) is 11.5 Å². The molecule has 0 aromatic heterocycles. The Morgan fingerprint density at radius 1 is 0.970 bits per heavy atom. The number of allylic oxidation sites excluding steroid dienone is 8. The zero-order chi connectivity index (χ0) is 24.4. The second kappa shape index (κ2) is 7.64. The molecule has 178 valence electrons. The molecule has 0 aromatic carbocycles. The summed E-state index contributed by atoms with van der Waals surface area (Å²) in [6.07, 6.45) is 17.2. The molecule has 0 spiro atoms. The summed E-state index contributed by atoms with van der Waals surface area (Å²) in [6.45, 7) is 13.4. The number of Topliss-reactive ketones (excluding diaryl/α,β-unsaturated/α-hetero) is 1. The van der Waals surface area contributed by atoms with Crippen molar-refractivity contribution in [3.8, 4) is 0 Å². The maximum absolute atomic E-state index is 12.6.